The van der Waals surface area contributed by atoms with Crippen molar-refractivity contribution >= 4 is 23.2 Å². The molecule has 0 spiro atoms. The summed E-state index contributed by atoms with van der Waals surface area (Å²) in [5, 5.41) is 2.46. The normalized spacial score (nSPS) is 22.6. The van der Waals surface area contributed by atoms with Gasteiger partial charge in [-0.3, -0.25) is 14.9 Å². The predicted octanol–water partition coefficient (Wildman–Crippen LogP) is 2.97. The topological polar surface area (TPSA) is 46.2 Å². The third-order valence-corrected chi connectivity index (χ3v) is 4.77. The van der Waals surface area contributed by atoms with Crippen molar-refractivity contribution in [3.8, 4) is 0 Å². The van der Waals surface area contributed by atoms with Crippen LogP contribution in [0.5, 0.6) is 0 Å². The SMILES string of the molecule is Cc1ccc(C2CC(=O)NC(=O)C2c2ccccc2)s1. The Bertz CT molecular complexity index is 648. The Morgan fingerprint density at radius 3 is 2.50 bits per heavy atom. The van der Waals surface area contributed by atoms with E-state index in [4.69, 9.17) is 0 Å². The second-order valence-corrected chi connectivity index (χ2v) is 6.38. The lowest BCUT2D eigenvalue weighted by molar-refractivity contribution is -0.135. The molecule has 1 aliphatic heterocycles. The van der Waals surface area contributed by atoms with E-state index in [1.54, 1.807) is 11.3 Å². The number of amides is 2. The van der Waals surface area contributed by atoms with Gasteiger partial charge in [0.2, 0.25) is 11.8 Å². The van der Waals surface area contributed by atoms with Gasteiger partial charge in [-0.25, -0.2) is 0 Å². The molecule has 1 aromatic carbocycles. The fourth-order valence-electron chi connectivity index (χ4n) is 2.73. The van der Waals surface area contributed by atoms with E-state index in [1.807, 2.05) is 49.4 Å². The van der Waals surface area contributed by atoms with Crippen LogP contribution >= 0.6 is 11.3 Å². The van der Waals surface area contributed by atoms with E-state index in [0.717, 1.165) is 10.4 Å². The molecular weight excluding hydrogens is 270 g/mol. The number of aryl methyl sites for hydroxylation is 1. The Hall–Kier alpha value is -1.94. The van der Waals surface area contributed by atoms with Crippen LogP contribution in [0.3, 0.4) is 0 Å². The number of rotatable bonds is 2. The molecule has 1 fully saturated rings. The molecule has 2 heterocycles. The molecule has 0 aliphatic carbocycles. The van der Waals surface area contributed by atoms with E-state index < -0.39 is 0 Å². The Morgan fingerprint density at radius 1 is 1.10 bits per heavy atom. The maximum atomic E-state index is 12.3. The zero-order chi connectivity index (χ0) is 14.1. The minimum Gasteiger partial charge on any atom is -0.296 e. The van der Waals surface area contributed by atoms with E-state index in [9.17, 15) is 9.59 Å². The standard InChI is InChI=1S/C16H15NO2S/c1-10-7-8-13(20-10)12-9-14(18)17-16(19)15(12)11-5-3-2-4-6-11/h2-8,12,15H,9H2,1H3,(H,17,18,19). The predicted molar refractivity (Wildman–Crippen MR) is 78.7 cm³/mol. The monoisotopic (exact) mass is 285 g/mol. The van der Waals surface area contributed by atoms with E-state index in [2.05, 4.69) is 5.32 Å². The van der Waals surface area contributed by atoms with Crippen molar-refractivity contribution in [3.05, 3.63) is 57.8 Å². The molecule has 1 aromatic heterocycles. The number of thiophene rings is 1. The minimum atomic E-state index is -0.285. The average Bonchev–Trinajstić information content (AvgIpc) is 2.85. The minimum absolute atomic E-state index is 0.0580. The molecule has 2 unspecified atom stereocenters. The maximum Gasteiger partial charge on any atom is 0.234 e. The molecule has 0 radical (unpaired) electrons. The number of hydrogen-bond donors (Lipinski definition) is 1. The summed E-state index contributed by atoms with van der Waals surface area (Å²) >= 11 is 1.66. The molecular formula is C16H15NO2S. The highest BCUT2D eigenvalue weighted by atomic mass is 32.1. The number of nitrogens with one attached hydrogen (secondary N) is 1. The van der Waals surface area contributed by atoms with Crippen LogP contribution < -0.4 is 5.32 Å². The van der Waals surface area contributed by atoms with Crippen LogP contribution in [-0.4, -0.2) is 11.8 Å². The van der Waals surface area contributed by atoms with E-state index >= 15 is 0 Å². The quantitative estimate of drug-likeness (QED) is 0.862. The molecule has 3 nitrogen and oxygen atoms in total. The van der Waals surface area contributed by atoms with Gasteiger partial charge in [-0.15, -0.1) is 11.3 Å². The molecule has 4 heteroatoms. The summed E-state index contributed by atoms with van der Waals surface area (Å²) < 4.78 is 0. The second kappa shape index (κ2) is 5.21. The molecule has 3 rings (SSSR count). The summed E-state index contributed by atoms with van der Waals surface area (Å²) in [5.74, 6) is -0.717. The van der Waals surface area contributed by atoms with Crippen molar-refractivity contribution in [2.45, 2.75) is 25.2 Å². The number of carbonyl (C=O) groups excluding carboxylic acids is 2. The van der Waals surface area contributed by atoms with Gasteiger partial charge in [0, 0.05) is 22.1 Å². The van der Waals surface area contributed by atoms with Gasteiger partial charge in [0.05, 0.1) is 5.92 Å². The van der Waals surface area contributed by atoms with Crippen molar-refractivity contribution in [2.75, 3.05) is 0 Å². The summed E-state index contributed by atoms with van der Waals surface area (Å²) in [4.78, 5) is 26.3. The smallest absolute Gasteiger partial charge is 0.234 e. The lowest BCUT2D eigenvalue weighted by atomic mass is 9.80. The van der Waals surface area contributed by atoms with E-state index in [-0.39, 0.29) is 23.7 Å². The Kier molecular flexibility index (Phi) is 3.40. The van der Waals surface area contributed by atoms with Crippen LogP contribution in [0.15, 0.2) is 42.5 Å². The summed E-state index contributed by atoms with van der Waals surface area (Å²) in [5.41, 5.74) is 0.966. The molecule has 2 aromatic rings. The number of hydrogen-bond acceptors (Lipinski definition) is 3. The first kappa shape index (κ1) is 13.1. The molecule has 1 N–H and O–H groups in total. The molecule has 1 saturated heterocycles. The summed E-state index contributed by atoms with van der Waals surface area (Å²) in [7, 11) is 0. The van der Waals surface area contributed by atoms with Crippen LogP contribution in [0.1, 0.15) is 33.6 Å². The van der Waals surface area contributed by atoms with Crippen LogP contribution in [-0.2, 0) is 9.59 Å². The van der Waals surface area contributed by atoms with Crippen LogP contribution in [0.4, 0.5) is 0 Å². The largest absolute Gasteiger partial charge is 0.296 e. The molecule has 102 valence electrons. The van der Waals surface area contributed by atoms with E-state index in [0.29, 0.717) is 6.42 Å². The molecule has 0 bridgehead atoms. The van der Waals surface area contributed by atoms with Crippen molar-refractivity contribution in [1.29, 1.82) is 0 Å². The Balaban J connectivity index is 2.03. The van der Waals surface area contributed by atoms with Gasteiger partial charge >= 0.3 is 0 Å². The summed E-state index contributed by atoms with van der Waals surface area (Å²) in [6.45, 7) is 2.04. The van der Waals surface area contributed by atoms with Crippen molar-refractivity contribution < 1.29 is 9.59 Å². The second-order valence-electron chi connectivity index (χ2n) is 5.06. The first-order valence-corrected chi connectivity index (χ1v) is 7.42. The van der Waals surface area contributed by atoms with Crippen LogP contribution in [0.25, 0.3) is 0 Å². The van der Waals surface area contributed by atoms with Gasteiger partial charge in [0.1, 0.15) is 0 Å². The first-order chi connectivity index (χ1) is 9.65. The van der Waals surface area contributed by atoms with Crippen LogP contribution in [0, 0.1) is 6.92 Å². The van der Waals surface area contributed by atoms with Crippen molar-refractivity contribution in [2.24, 2.45) is 0 Å². The van der Waals surface area contributed by atoms with Gasteiger partial charge in [0.25, 0.3) is 0 Å². The number of benzene rings is 1. The third kappa shape index (κ3) is 2.39. The van der Waals surface area contributed by atoms with Gasteiger partial charge in [-0.05, 0) is 24.6 Å². The Morgan fingerprint density at radius 2 is 1.85 bits per heavy atom. The van der Waals surface area contributed by atoms with Crippen LogP contribution in [0.2, 0.25) is 0 Å². The first-order valence-electron chi connectivity index (χ1n) is 6.60. The number of piperidine rings is 1. The fourth-order valence-corrected chi connectivity index (χ4v) is 3.74. The van der Waals surface area contributed by atoms with Gasteiger partial charge in [-0.1, -0.05) is 30.3 Å². The lowest BCUT2D eigenvalue weighted by Gasteiger charge is -2.29. The summed E-state index contributed by atoms with van der Waals surface area (Å²) in [6, 6.07) is 13.8. The fraction of sp³-hybridized carbons (Fsp3) is 0.250. The molecule has 1 aliphatic rings. The highest BCUT2D eigenvalue weighted by Crippen LogP contribution is 2.40. The van der Waals surface area contributed by atoms with Crippen molar-refractivity contribution in [3.63, 3.8) is 0 Å². The highest BCUT2D eigenvalue weighted by molar-refractivity contribution is 7.12. The molecule has 2 atom stereocenters. The zero-order valence-electron chi connectivity index (χ0n) is 11.1. The maximum absolute atomic E-state index is 12.3. The van der Waals surface area contributed by atoms with Gasteiger partial charge in [0.15, 0.2) is 0 Å². The van der Waals surface area contributed by atoms with Gasteiger partial charge in [-0.2, -0.15) is 0 Å². The number of imide groups is 1. The Labute approximate surface area is 121 Å². The van der Waals surface area contributed by atoms with Gasteiger partial charge < -0.3 is 0 Å². The highest BCUT2D eigenvalue weighted by Gasteiger charge is 2.38. The van der Waals surface area contributed by atoms with Crippen molar-refractivity contribution in [1.82, 2.24) is 5.32 Å². The molecule has 2 amide bonds. The summed E-state index contributed by atoms with van der Waals surface area (Å²) in [6.07, 6.45) is 0.366. The van der Waals surface area contributed by atoms with E-state index in [1.165, 1.54) is 4.88 Å². The zero-order valence-corrected chi connectivity index (χ0v) is 11.9. The number of carbonyl (C=O) groups is 2. The third-order valence-electron chi connectivity index (χ3n) is 3.64. The molecule has 20 heavy (non-hydrogen) atoms. The molecule has 0 saturated carbocycles. The lowest BCUT2D eigenvalue weighted by Crippen LogP contribution is -2.43. The average molecular weight is 285 g/mol.